The number of benzene rings is 1. The number of ether oxygens (including phenoxy) is 2. The summed E-state index contributed by atoms with van der Waals surface area (Å²) in [6.07, 6.45) is -0.957. The quantitative estimate of drug-likeness (QED) is 0.618. The maximum absolute atomic E-state index is 12.0. The molecule has 0 aliphatic rings. The summed E-state index contributed by atoms with van der Waals surface area (Å²) in [5.41, 5.74) is 4.57. The van der Waals surface area contributed by atoms with Gasteiger partial charge < -0.3 is 24.5 Å². The normalized spacial score (nSPS) is 11.3. The molecule has 1 aromatic carbocycles. The molecule has 2 N–H and O–H groups in total. The molecule has 2 heterocycles. The molecular formula is C23H29N3O4. The highest BCUT2D eigenvalue weighted by atomic mass is 16.6. The average molecular weight is 412 g/mol. The molecule has 2 amide bonds. The third-order valence-electron chi connectivity index (χ3n) is 4.79. The van der Waals surface area contributed by atoms with Crippen LogP contribution in [0.1, 0.15) is 44.5 Å². The van der Waals surface area contributed by atoms with Crippen molar-refractivity contribution in [2.75, 3.05) is 0 Å². The van der Waals surface area contributed by atoms with E-state index in [0.29, 0.717) is 0 Å². The molecule has 0 unspecified atom stereocenters. The summed E-state index contributed by atoms with van der Waals surface area (Å²) in [4.78, 5) is 24.1. The smallest absolute Gasteiger partial charge is 0.407 e. The molecule has 160 valence electrons. The van der Waals surface area contributed by atoms with E-state index >= 15 is 0 Å². The van der Waals surface area contributed by atoms with Gasteiger partial charge >= 0.3 is 12.2 Å². The van der Waals surface area contributed by atoms with Gasteiger partial charge in [-0.1, -0.05) is 24.3 Å². The molecule has 0 radical (unpaired) electrons. The van der Waals surface area contributed by atoms with E-state index < -0.39 is 12.2 Å². The molecule has 0 saturated heterocycles. The maximum Gasteiger partial charge on any atom is 0.407 e. The van der Waals surface area contributed by atoms with Crippen molar-refractivity contribution in [2.45, 2.75) is 59.9 Å². The molecule has 0 aliphatic carbocycles. The lowest BCUT2D eigenvalue weighted by atomic mass is 10.1. The topological polar surface area (TPSA) is 81.1 Å². The zero-order valence-electron chi connectivity index (χ0n) is 18.1. The number of nitrogens with zero attached hydrogens (tertiary/aromatic N) is 1. The highest BCUT2D eigenvalue weighted by Gasteiger charge is 2.20. The lowest BCUT2D eigenvalue weighted by Crippen LogP contribution is -2.31. The number of nitrogens with one attached hydrogen (secondary N) is 2. The van der Waals surface area contributed by atoms with Crippen LogP contribution in [0.2, 0.25) is 0 Å². The third kappa shape index (κ3) is 4.67. The van der Waals surface area contributed by atoms with Crippen LogP contribution in [0.15, 0.2) is 36.4 Å². The van der Waals surface area contributed by atoms with Crippen LogP contribution in [0.4, 0.5) is 9.59 Å². The molecular weight excluding hydrogens is 382 g/mol. The zero-order chi connectivity index (χ0) is 21.8. The Kier molecular flexibility index (Phi) is 6.50. The van der Waals surface area contributed by atoms with E-state index in [4.69, 9.17) is 9.47 Å². The number of rotatable bonds is 6. The van der Waals surface area contributed by atoms with Crippen molar-refractivity contribution < 1.29 is 19.1 Å². The van der Waals surface area contributed by atoms with Gasteiger partial charge in [-0.2, -0.15) is 0 Å². The van der Waals surface area contributed by atoms with Crippen molar-refractivity contribution in [1.29, 1.82) is 0 Å². The first kappa shape index (κ1) is 21.5. The van der Waals surface area contributed by atoms with Gasteiger partial charge in [-0.05, 0) is 52.1 Å². The Morgan fingerprint density at radius 1 is 0.833 bits per heavy atom. The molecule has 3 rings (SSSR count). The number of hydrogen-bond donors (Lipinski definition) is 2. The van der Waals surface area contributed by atoms with E-state index in [-0.39, 0.29) is 25.3 Å². The largest absolute Gasteiger partial charge is 0.445 e. The number of para-hydroxylation sites is 1. The van der Waals surface area contributed by atoms with Crippen molar-refractivity contribution in [1.82, 2.24) is 15.0 Å². The Hall–Kier alpha value is -3.22. The molecule has 0 bridgehead atoms. The van der Waals surface area contributed by atoms with Gasteiger partial charge in [0, 0.05) is 28.9 Å². The molecule has 7 nitrogen and oxygen atoms in total. The maximum atomic E-state index is 12.0. The Labute approximate surface area is 176 Å². The van der Waals surface area contributed by atoms with E-state index in [9.17, 15) is 9.59 Å². The Morgan fingerprint density at radius 2 is 1.40 bits per heavy atom. The molecule has 0 atom stereocenters. The minimum atomic E-state index is -0.479. The molecule has 0 saturated carbocycles. The summed E-state index contributed by atoms with van der Waals surface area (Å²) >= 11 is 0. The third-order valence-corrected chi connectivity index (χ3v) is 4.79. The molecule has 30 heavy (non-hydrogen) atoms. The van der Waals surface area contributed by atoms with Gasteiger partial charge in [0.05, 0.1) is 11.0 Å². The molecule has 0 spiro atoms. The van der Waals surface area contributed by atoms with E-state index in [1.165, 1.54) is 0 Å². The van der Waals surface area contributed by atoms with Crippen molar-refractivity contribution in [3.63, 3.8) is 0 Å². The first-order valence-electron chi connectivity index (χ1n) is 10.1. The highest BCUT2D eigenvalue weighted by Crippen LogP contribution is 2.29. The number of amides is 2. The van der Waals surface area contributed by atoms with Gasteiger partial charge in [-0.15, -0.1) is 0 Å². The van der Waals surface area contributed by atoms with Crippen LogP contribution < -0.4 is 10.6 Å². The fourth-order valence-electron chi connectivity index (χ4n) is 3.49. The summed E-state index contributed by atoms with van der Waals surface area (Å²) < 4.78 is 13.0. The van der Waals surface area contributed by atoms with Gasteiger partial charge in [0.25, 0.3) is 0 Å². The van der Waals surface area contributed by atoms with E-state index in [2.05, 4.69) is 15.0 Å². The van der Waals surface area contributed by atoms with Crippen LogP contribution in [-0.4, -0.2) is 28.7 Å². The van der Waals surface area contributed by atoms with Gasteiger partial charge in [-0.25, -0.2) is 9.59 Å². The SMILES string of the molecule is Cc1c(COC(=O)NC(C)C)c(COC(=O)NC(C)C)c2ccc3ccccc3n12. The highest BCUT2D eigenvalue weighted by molar-refractivity contribution is 5.85. The van der Waals surface area contributed by atoms with Gasteiger partial charge in [-0.3, -0.25) is 0 Å². The minimum Gasteiger partial charge on any atom is -0.445 e. The standard InChI is InChI=1S/C23H29N3O4/c1-14(2)24-22(27)29-12-18-16(5)26-20-9-7-6-8-17(20)10-11-21(26)19(18)13-30-23(28)25-15(3)4/h6-11,14-15H,12-13H2,1-5H3,(H,24,27)(H,25,28). The summed E-state index contributed by atoms with van der Waals surface area (Å²) in [6.45, 7) is 9.64. The van der Waals surface area contributed by atoms with Crippen LogP contribution in [0.5, 0.6) is 0 Å². The number of fused-ring (bicyclic) bond motifs is 3. The second kappa shape index (κ2) is 9.07. The fourth-order valence-corrected chi connectivity index (χ4v) is 3.49. The molecule has 3 aromatic rings. The van der Waals surface area contributed by atoms with Crippen molar-refractivity contribution in [3.05, 3.63) is 53.2 Å². The molecule has 7 heteroatoms. The van der Waals surface area contributed by atoms with Gasteiger partial charge in [0.2, 0.25) is 0 Å². The summed E-state index contributed by atoms with van der Waals surface area (Å²) in [7, 11) is 0. The fraction of sp³-hybridized carbons (Fsp3) is 0.391. The number of alkyl carbamates (subject to hydrolysis) is 2. The van der Waals surface area contributed by atoms with E-state index in [1.807, 2.05) is 71.0 Å². The zero-order valence-corrected chi connectivity index (χ0v) is 18.1. The number of aromatic nitrogens is 1. The second-order valence-electron chi connectivity index (χ2n) is 7.91. The van der Waals surface area contributed by atoms with Gasteiger partial charge in [0.1, 0.15) is 13.2 Å². The number of aryl methyl sites for hydroxylation is 1. The first-order chi connectivity index (χ1) is 14.3. The number of pyridine rings is 1. The van der Waals surface area contributed by atoms with Crippen LogP contribution in [0.3, 0.4) is 0 Å². The second-order valence-corrected chi connectivity index (χ2v) is 7.91. The number of hydrogen-bond acceptors (Lipinski definition) is 4. The summed E-state index contributed by atoms with van der Waals surface area (Å²) in [5, 5.41) is 6.54. The Bertz CT molecular complexity index is 1070. The Morgan fingerprint density at radius 3 is 2.00 bits per heavy atom. The lowest BCUT2D eigenvalue weighted by molar-refractivity contribution is 0.129. The molecule has 0 fully saturated rings. The number of carbonyl (C=O) groups excluding carboxylic acids is 2. The lowest BCUT2D eigenvalue weighted by Gasteiger charge is -2.12. The summed E-state index contributed by atoms with van der Waals surface area (Å²) in [5.74, 6) is 0. The first-order valence-corrected chi connectivity index (χ1v) is 10.1. The van der Waals surface area contributed by atoms with Crippen molar-refractivity contribution in [3.8, 4) is 0 Å². The number of carbonyl (C=O) groups is 2. The molecule has 0 aliphatic heterocycles. The van der Waals surface area contributed by atoms with E-state index in [1.54, 1.807) is 0 Å². The minimum absolute atomic E-state index is 0.0156. The van der Waals surface area contributed by atoms with Crippen LogP contribution in [0.25, 0.3) is 16.4 Å². The van der Waals surface area contributed by atoms with Gasteiger partial charge in [0.15, 0.2) is 0 Å². The van der Waals surface area contributed by atoms with Crippen molar-refractivity contribution >= 4 is 28.6 Å². The Balaban J connectivity index is 2.00. The predicted octanol–water partition coefficient (Wildman–Crippen LogP) is 4.67. The molecule has 2 aromatic heterocycles. The van der Waals surface area contributed by atoms with E-state index in [0.717, 1.165) is 33.2 Å². The predicted molar refractivity (Wildman–Crippen MR) is 117 cm³/mol. The van der Waals surface area contributed by atoms with Crippen LogP contribution in [-0.2, 0) is 22.7 Å². The monoisotopic (exact) mass is 411 g/mol. The average Bonchev–Trinajstić information content (AvgIpc) is 2.95. The van der Waals surface area contributed by atoms with Crippen molar-refractivity contribution in [2.24, 2.45) is 0 Å². The summed E-state index contributed by atoms with van der Waals surface area (Å²) in [6, 6.07) is 12.1. The van der Waals surface area contributed by atoms with Crippen LogP contribution in [0, 0.1) is 6.92 Å². The van der Waals surface area contributed by atoms with Crippen LogP contribution >= 0.6 is 0 Å².